The van der Waals surface area contributed by atoms with E-state index in [1.165, 1.54) is 11.4 Å². The minimum Gasteiger partial charge on any atom is -0.370 e. The Balaban J connectivity index is 2.02. The molecule has 0 bridgehead atoms. The lowest BCUT2D eigenvalue weighted by Gasteiger charge is -2.20. The zero-order valence-corrected chi connectivity index (χ0v) is 13.4. The third kappa shape index (κ3) is 3.51. The van der Waals surface area contributed by atoms with Crippen molar-refractivity contribution in [1.82, 2.24) is 10.3 Å². The fourth-order valence-electron chi connectivity index (χ4n) is 2.91. The first-order valence-electron chi connectivity index (χ1n) is 8.10. The molecule has 0 amide bonds. The van der Waals surface area contributed by atoms with Gasteiger partial charge in [0.15, 0.2) is 0 Å². The lowest BCUT2D eigenvalue weighted by molar-refractivity contribution is 0.494. The van der Waals surface area contributed by atoms with Crippen LogP contribution in [0.5, 0.6) is 0 Å². The summed E-state index contributed by atoms with van der Waals surface area (Å²) >= 11 is 0. The van der Waals surface area contributed by atoms with Crippen LogP contribution in [-0.4, -0.2) is 24.6 Å². The highest BCUT2D eigenvalue weighted by molar-refractivity contribution is 5.46. The van der Waals surface area contributed by atoms with Crippen LogP contribution >= 0.6 is 0 Å². The maximum absolute atomic E-state index is 4.69. The van der Waals surface area contributed by atoms with Gasteiger partial charge in [-0.05, 0) is 43.4 Å². The number of aromatic nitrogens is 1. The lowest BCUT2D eigenvalue weighted by Crippen LogP contribution is -2.23. The second-order valence-corrected chi connectivity index (χ2v) is 6.22. The molecular formula is C17H29N3. The van der Waals surface area contributed by atoms with Gasteiger partial charge in [-0.2, -0.15) is 0 Å². The van der Waals surface area contributed by atoms with Crippen molar-refractivity contribution in [2.45, 2.75) is 46.6 Å². The van der Waals surface area contributed by atoms with E-state index in [-0.39, 0.29) is 0 Å². The Morgan fingerprint density at radius 3 is 2.45 bits per heavy atom. The van der Waals surface area contributed by atoms with Gasteiger partial charge in [0.1, 0.15) is 0 Å². The van der Waals surface area contributed by atoms with E-state index in [2.05, 4.69) is 56.2 Å². The molecule has 1 saturated heterocycles. The van der Waals surface area contributed by atoms with Crippen LogP contribution in [0.2, 0.25) is 0 Å². The first-order chi connectivity index (χ1) is 9.65. The molecule has 2 rings (SSSR count). The number of rotatable bonds is 6. The van der Waals surface area contributed by atoms with Gasteiger partial charge in [0.2, 0.25) is 0 Å². The van der Waals surface area contributed by atoms with Gasteiger partial charge in [0, 0.05) is 19.1 Å². The van der Waals surface area contributed by atoms with Crippen molar-refractivity contribution in [3.05, 3.63) is 24.0 Å². The summed E-state index contributed by atoms with van der Waals surface area (Å²) in [7, 11) is 0. The van der Waals surface area contributed by atoms with E-state index in [0.29, 0.717) is 6.04 Å². The Morgan fingerprint density at radius 2 is 1.95 bits per heavy atom. The molecule has 0 radical (unpaired) electrons. The highest BCUT2D eigenvalue weighted by Crippen LogP contribution is 2.27. The van der Waals surface area contributed by atoms with E-state index in [9.17, 15) is 0 Å². The summed E-state index contributed by atoms with van der Waals surface area (Å²) in [6.45, 7) is 12.5. The van der Waals surface area contributed by atoms with Gasteiger partial charge in [-0.25, -0.2) is 0 Å². The van der Waals surface area contributed by atoms with Crippen LogP contribution in [0.4, 0.5) is 5.69 Å². The lowest BCUT2D eigenvalue weighted by atomic mass is 10.0. The molecule has 2 heterocycles. The van der Waals surface area contributed by atoms with E-state index in [1.54, 1.807) is 0 Å². The van der Waals surface area contributed by atoms with Crippen LogP contribution in [-0.2, 0) is 0 Å². The fourth-order valence-corrected chi connectivity index (χ4v) is 2.91. The third-order valence-corrected chi connectivity index (χ3v) is 4.53. The SMILES string of the molecule is CCCNC(CC)c1ccc(N2CC(C)C(C)C2)cn1. The number of anilines is 1. The fraction of sp³-hybridized carbons (Fsp3) is 0.706. The van der Waals surface area contributed by atoms with E-state index >= 15 is 0 Å². The van der Waals surface area contributed by atoms with Gasteiger partial charge < -0.3 is 10.2 Å². The average molecular weight is 275 g/mol. The minimum atomic E-state index is 0.389. The molecule has 0 aliphatic carbocycles. The predicted molar refractivity (Wildman–Crippen MR) is 86.1 cm³/mol. The van der Waals surface area contributed by atoms with Crippen molar-refractivity contribution >= 4 is 5.69 Å². The Hall–Kier alpha value is -1.09. The molecule has 1 aromatic rings. The number of nitrogens with one attached hydrogen (secondary N) is 1. The molecule has 0 spiro atoms. The highest BCUT2D eigenvalue weighted by atomic mass is 15.2. The number of hydrogen-bond acceptors (Lipinski definition) is 3. The standard InChI is InChI=1S/C17H29N3/c1-5-9-18-16(6-2)17-8-7-15(10-19-17)20-11-13(3)14(4)12-20/h7-8,10,13-14,16,18H,5-6,9,11-12H2,1-4H3. The zero-order chi connectivity index (χ0) is 14.5. The number of hydrogen-bond donors (Lipinski definition) is 1. The first kappa shape index (κ1) is 15.3. The van der Waals surface area contributed by atoms with Crippen LogP contribution in [0.25, 0.3) is 0 Å². The van der Waals surface area contributed by atoms with Crippen LogP contribution < -0.4 is 10.2 Å². The van der Waals surface area contributed by atoms with Gasteiger partial charge in [-0.1, -0.05) is 27.7 Å². The minimum absolute atomic E-state index is 0.389. The Kier molecular flexibility index (Phi) is 5.41. The number of nitrogens with zero attached hydrogens (tertiary/aromatic N) is 2. The molecule has 3 unspecified atom stereocenters. The molecule has 0 aromatic carbocycles. The quantitative estimate of drug-likeness (QED) is 0.859. The summed E-state index contributed by atoms with van der Waals surface area (Å²) in [5, 5.41) is 3.56. The van der Waals surface area contributed by atoms with Crippen molar-refractivity contribution in [1.29, 1.82) is 0 Å². The van der Waals surface area contributed by atoms with E-state index < -0.39 is 0 Å². The molecule has 0 saturated carbocycles. The molecule has 3 nitrogen and oxygen atoms in total. The van der Waals surface area contributed by atoms with Gasteiger partial charge in [-0.3, -0.25) is 4.98 Å². The zero-order valence-electron chi connectivity index (χ0n) is 13.4. The largest absolute Gasteiger partial charge is 0.370 e. The topological polar surface area (TPSA) is 28.2 Å². The molecule has 1 N–H and O–H groups in total. The summed E-state index contributed by atoms with van der Waals surface area (Å²) < 4.78 is 0. The second-order valence-electron chi connectivity index (χ2n) is 6.22. The average Bonchev–Trinajstić information content (AvgIpc) is 2.80. The highest BCUT2D eigenvalue weighted by Gasteiger charge is 2.26. The van der Waals surface area contributed by atoms with E-state index in [0.717, 1.165) is 44.3 Å². The monoisotopic (exact) mass is 275 g/mol. The summed E-state index contributed by atoms with van der Waals surface area (Å²) in [6, 6.07) is 4.82. The van der Waals surface area contributed by atoms with E-state index in [4.69, 9.17) is 4.98 Å². The molecular weight excluding hydrogens is 246 g/mol. The second kappa shape index (κ2) is 7.07. The van der Waals surface area contributed by atoms with Crippen molar-refractivity contribution < 1.29 is 0 Å². The summed E-state index contributed by atoms with van der Waals surface area (Å²) in [4.78, 5) is 7.16. The van der Waals surface area contributed by atoms with E-state index in [1.807, 2.05) is 0 Å². The molecule has 1 aliphatic heterocycles. The number of pyridine rings is 1. The Labute approximate surface area is 123 Å². The van der Waals surface area contributed by atoms with Crippen LogP contribution in [0.3, 0.4) is 0 Å². The predicted octanol–water partition coefficient (Wildman–Crippen LogP) is 3.62. The molecule has 3 heteroatoms. The molecule has 1 fully saturated rings. The van der Waals surface area contributed by atoms with Crippen LogP contribution in [0.1, 0.15) is 52.3 Å². The molecule has 112 valence electrons. The maximum atomic E-state index is 4.69. The first-order valence-corrected chi connectivity index (χ1v) is 8.10. The van der Waals surface area contributed by atoms with Crippen molar-refractivity contribution in [3.63, 3.8) is 0 Å². The third-order valence-electron chi connectivity index (χ3n) is 4.53. The van der Waals surface area contributed by atoms with Gasteiger partial charge in [0.05, 0.1) is 17.6 Å². The molecule has 20 heavy (non-hydrogen) atoms. The van der Waals surface area contributed by atoms with Crippen molar-refractivity contribution in [2.75, 3.05) is 24.5 Å². The smallest absolute Gasteiger partial charge is 0.0574 e. The Bertz CT molecular complexity index is 391. The van der Waals surface area contributed by atoms with Gasteiger partial charge >= 0.3 is 0 Å². The van der Waals surface area contributed by atoms with Gasteiger partial charge in [0.25, 0.3) is 0 Å². The summed E-state index contributed by atoms with van der Waals surface area (Å²) in [6.07, 6.45) is 4.30. The van der Waals surface area contributed by atoms with Crippen LogP contribution in [0, 0.1) is 11.8 Å². The van der Waals surface area contributed by atoms with Crippen molar-refractivity contribution in [2.24, 2.45) is 11.8 Å². The molecule has 3 atom stereocenters. The summed E-state index contributed by atoms with van der Waals surface area (Å²) in [5.41, 5.74) is 2.44. The van der Waals surface area contributed by atoms with Crippen molar-refractivity contribution in [3.8, 4) is 0 Å². The van der Waals surface area contributed by atoms with Gasteiger partial charge in [-0.15, -0.1) is 0 Å². The maximum Gasteiger partial charge on any atom is 0.0574 e. The molecule has 1 aromatic heterocycles. The Morgan fingerprint density at radius 1 is 1.25 bits per heavy atom. The summed E-state index contributed by atoms with van der Waals surface area (Å²) in [5.74, 6) is 1.56. The van der Waals surface area contributed by atoms with Crippen LogP contribution in [0.15, 0.2) is 18.3 Å². The normalized spacial score (nSPS) is 24.1. The molecule has 1 aliphatic rings.